The molecule has 0 bridgehead atoms. The van der Waals surface area contributed by atoms with Crippen LogP contribution < -0.4 is 14.4 Å². The van der Waals surface area contributed by atoms with E-state index in [4.69, 9.17) is 9.47 Å². The summed E-state index contributed by atoms with van der Waals surface area (Å²) in [6, 6.07) is 21.5. The van der Waals surface area contributed by atoms with Crippen molar-refractivity contribution in [3.63, 3.8) is 0 Å². The first-order valence-electron chi connectivity index (χ1n) is 12.3. The van der Waals surface area contributed by atoms with E-state index >= 15 is 0 Å². The fourth-order valence-electron chi connectivity index (χ4n) is 4.92. The molecule has 2 atom stereocenters. The number of fused-ring (bicyclic) bond motifs is 1. The Morgan fingerprint density at radius 3 is 2.74 bits per heavy atom. The number of benzene rings is 3. The van der Waals surface area contributed by atoms with E-state index in [1.165, 1.54) is 16.2 Å². The van der Waals surface area contributed by atoms with E-state index in [0.717, 1.165) is 16.9 Å². The van der Waals surface area contributed by atoms with Crippen molar-refractivity contribution in [3.8, 4) is 11.5 Å². The van der Waals surface area contributed by atoms with E-state index in [1.54, 1.807) is 29.8 Å². The monoisotopic (exact) mass is 524 g/mol. The van der Waals surface area contributed by atoms with E-state index in [1.807, 2.05) is 61.5 Å². The van der Waals surface area contributed by atoms with Gasteiger partial charge in [0.05, 0.1) is 11.6 Å². The first-order chi connectivity index (χ1) is 18.5. The fraction of sp³-hybridized carbons (Fsp3) is 0.167. The predicted molar refractivity (Wildman–Crippen MR) is 144 cm³/mol. The van der Waals surface area contributed by atoms with E-state index in [2.05, 4.69) is 4.98 Å². The largest absolute Gasteiger partial charge is 0.507 e. The number of ketones is 1. The lowest BCUT2D eigenvalue weighted by atomic mass is 9.94. The molecular formula is C30H24N2O5S. The quantitative estimate of drug-likeness (QED) is 0.199. The van der Waals surface area contributed by atoms with Gasteiger partial charge in [0.1, 0.15) is 30.0 Å². The van der Waals surface area contributed by atoms with Crippen LogP contribution in [-0.4, -0.2) is 27.9 Å². The molecule has 1 aromatic heterocycles. The molecular weight excluding hydrogens is 500 g/mol. The maximum absolute atomic E-state index is 13.4. The van der Waals surface area contributed by atoms with Crippen molar-refractivity contribution in [2.24, 2.45) is 0 Å². The Hall–Kier alpha value is -4.43. The van der Waals surface area contributed by atoms with Crippen LogP contribution in [0.1, 0.15) is 35.2 Å². The van der Waals surface area contributed by atoms with Crippen LogP contribution >= 0.6 is 11.3 Å². The van der Waals surface area contributed by atoms with Gasteiger partial charge in [-0.3, -0.25) is 14.5 Å². The molecule has 2 aliphatic heterocycles. The molecule has 8 heteroatoms. The van der Waals surface area contributed by atoms with Crippen LogP contribution in [0.15, 0.2) is 89.9 Å². The van der Waals surface area contributed by atoms with E-state index in [-0.39, 0.29) is 17.4 Å². The number of hydrogen-bond acceptors (Lipinski definition) is 7. The molecule has 0 aliphatic carbocycles. The summed E-state index contributed by atoms with van der Waals surface area (Å²) < 4.78 is 11.8. The highest BCUT2D eigenvalue weighted by Crippen LogP contribution is 2.44. The van der Waals surface area contributed by atoms with Crippen molar-refractivity contribution >= 4 is 33.9 Å². The average molecular weight is 525 g/mol. The Labute approximate surface area is 223 Å². The van der Waals surface area contributed by atoms with Gasteiger partial charge in [0.2, 0.25) is 0 Å². The lowest BCUT2D eigenvalue weighted by molar-refractivity contribution is -0.132. The number of anilines is 1. The summed E-state index contributed by atoms with van der Waals surface area (Å²) in [7, 11) is 0. The number of Topliss-reactive ketones (excluding diaryl/α,β-unsaturated/α-hetero) is 1. The van der Waals surface area contributed by atoms with Gasteiger partial charge in [-0.15, -0.1) is 11.3 Å². The molecule has 2 aliphatic rings. The average Bonchev–Trinajstić information content (AvgIpc) is 3.65. The van der Waals surface area contributed by atoms with Crippen LogP contribution in [0.5, 0.6) is 11.5 Å². The Kier molecular flexibility index (Phi) is 6.17. The molecule has 38 heavy (non-hydrogen) atoms. The smallest absolute Gasteiger partial charge is 0.301 e. The molecule has 190 valence electrons. The molecule has 1 N–H and O–H groups in total. The van der Waals surface area contributed by atoms with E-state index in [9.17, 15) is 14.7 Å². The van der Waals surface area contributed by atoms with Gasteiger partial charge in [0.25, 0.3) is 5.78 Å². The Morgan fingerprint density at radius 1 is 1.11 bits per heavy atom. The number of thiazole rings is 1. The van der Waals surface area contributed by atoms with E-state index in [0.29, 0.717) is 35.0 Å². The minimum absolute atomic E-state index is 0.0114. The van der Waals surface area contributed by atoms with Crippen LogP contribution in [0.2, 0.25) is 0 Å². The predicted octanol–water partition coefficient (Wildman–Crippen LogP) is 5.67. The molecule has 3 aromatic carbocycles. The molecule has 0 spiro atoms. The van der Waals surface area contributed by atoms with Crippen molar-refractivity contribution in [1.82, 2.24) is 4.98 Å². The second-order valence-corrected chi connectivity index (χ2v) is 10.2. The molecule has 1 fully saturated rings. The lowest BCUT2D eigenvalue weighted by Gasteiger charge is -2.23. The van der Waals surface area contributed by atoms with Crippen molar-refractivity contribution in [2.75, 3.05) is 4.90 Å². The molecule has 1 amide bonds. The Morgan fingerprint density at radius 2 is 1.95 bits per heavy atom. The Balaban J connectivity index is 1.42. The van der Waals surface area contributed by atoms with Crippen LogP contribution in [0.3, 0.4) is 0 Å². The van der Waals surface area contributed by atoms with Crippen LogP contribution in [0.25, 0.3) is 5.76 Å². The van der Waals surface area contributed by atoms with Crippen LogP contribution in [0.4, 0.5) is 5.13 Å². The van der Waals surface area contributed by atoms with Gasteiger partial charge in [0, 0.05) is 23.6 Å². The number of ether oxygens (including phenoxy) is 2. The minimum Gasteiger partial charge on any atom is -0.507 e. The van der Waals surface area contributed by atoms with Gasteiger partial charge in [-0.25, -0.2) is 4.98 Å². The SMILES string of the molecule is C[C@@H]1Cc2cc(C(O)=C3C(=O)C(=O)N(c4nccs4)[C@@H]3c3cccc(OCc4ccccc4)c3)ccc2O1. The number of carbonyl (C=O) groups excluding carboxylic acids is 2. The maximum Gasteiger partial charge on any atom is 0.301 e. The van der Waals surface area contributed by atoms with Crippen LogP contribution in [-0.2, 0) is 22.6 Å². The van der Waals surface area contributed by atoms with Crippen molar-refractivity contribution in [1.29, 1.82) is 0 Å². The summed E-state index contributed by atoms with van der Waals surface area (Å²) in [5, 5.41) is 13.6. The number of aromatic nitrogens is 1. The van der Waals surface area contributed by atoms with E-state index < -0.39 is 17.7 Å². The Bertz CT molecular complexity index is 1550. The molecule has 3 heterocycles. The normalized spacial score (nSPS) is 19.9. The van der Waals surface area contributed by atoms with Gasteiger partial charge in [-0.2, -0.15) is 0 Å². The third-order valence-electron chi connectivity index (χ3n) is 6.66. The number of aliphatic hydroxyl groups excluding tert-OH is 1. The maximum atomic E-state index is 13.4. The zero-order valence-corrected chi connectivity index (χ0v) is 21.4. The first-order valence-corrected chi connectivity index (χ1v) is 13.1. The highest BCUT2D eigenvalue weighted by Gasteiger charge is 2.48. The zero-order chi connectivity index (χ0) is 26.2. The molecule has 6 rings (SSSR count). The molecule has 0 radical (unpaired) electrons. The molecule has 4 aromatic rings. The topological polar surface area (TPSA) is 89.0 Å². The van der Waals surface area contributed by atoms with Crippen molar-refractivity contribution in [2.45, 2.75) is 32.1 Å². The minimum atomic E-state index is -0.871. The van der Waals surface area contributed by atoms with Crippen LogP contribution in [0, 0.1) is 0 Å². The number of nitrogens with zero attached hydrogens (tertiary/aromatic N) is 2. The number of carbonyl (C=O) groups is 2. The van der Waals surface area contributed by atoms with Gasteiger partial charge >= 0.3 is 5.91 Å². The number of rotatable bonds is 6. The fourth-order valence-corrected chi connectivity index (χ4v) is 5.59. The third kappa shape index (κ3) is 4.33. The summed E-state index contributed by atoms with van der Waals surface area (Å²) in [5.41, 5.74) is 3.06. The summed E-state index contributed by atoms with van der Waals surface area (Å²) in [5.74, 6) is -0.383. The first kappa shape index (κ1) is 23.9. The third-order valence-corrected chi connectivity index (χ3v) is 7.43. The number of aliphatic hydroxyl groups is 1. The summed E-state index contributed by atoms with van der Waals surface area (Å²) >= 11 is 1.25. The van der Waals surface area contributed by atoms with Gasteiger partial charge < -0.3 is 14.6 Å². The lowest BCUT2D eigenvalue weighted by Crippen LogP contribution is -2.29. The van der Waals surface area contributed by atoms with Gasteiger partial charge in [-0.1, -0.05) is 42.5 Å². The van der Waals surface area contributed by atoms with Crippen molar-refractivity contribution < 1.29 is 24.2 Å². The highest BCUT2D eigenvalue weighted by molar-refractivity contribution is 7.14. The molecule has 0 unspecified atom stereocenters. The molecule has 0 saturated carbocycles. The zero-order valence-electron chi connectivity index (χ0n) is 20.5. The second kappa shape index (κ2) is 9.79. The van der Waals surface area contributed by atoms with Crippen molar-refractivity contribution in [3.05, 3.63) is 112 Å². The number of amides is 1. The number of hydrogen-bond donors (Lipinski definition) is 1. The summed E-state index contributed by atoms with van der Waals surface area (Å²) in [6.45, 7) is 2.35. The van der Waals surface area contributed by atoms with Gasteiger partial charge in [0.15, 0.2) is 5.13 Å². The summed E-state index contributed by atoms with van der Waals surface area (Å²) in [6.07, 6.45) is 2.32. The second-order valence-electron chi connectivity index (χ2n) is 9.29. The van der Waals surface area contributed by atoms with Gasteiger partial charge in [-0.05, 0) is 53.9 Å². The summed E-state index contributed by atoms with van der Waals surface area (Å²) in [4.78, 5) is 32.4. The molecule has 1 saturated heterocycles. The standard InChI is InChI=1S/C30H24N2O5S/c1-18-14-22-15-21(10-11-24(22)37-18)27(33)25-26(32(29(35)28(25)34)30-31-12-13-38-30)20-8-5-9-23(16-20)36-17-19-6-3-2-4-7-19/h2-13,15-16,18,26,33H,14,17H2,1H3/t18-,26-/m1/s1. The molecule has 7 nitrogen and oxygen atoms in total. The highest BCUT2D eigenvalue weighted by atomic mass is 32.1.